The van der Waals surface area contributed by atoms with Crippen molar-refractivity contribution >= 4 is 11.6 Å². The van der Waals surface area contributed by atoms with E-state index in [9.17, 15) is 22.8 Å². The van der Waals surface area contributed by atoms with Gasteiger partial charge in [-0.2, -0.15) is 13.2 Å². The number of Topliss-reactive ketones (excluding diaryl/α,β-unsaturated/α-hetero) is 2. The minimum Gasteiger partial charge on any atom is -0.291 e. The highest BCUT2D eigenvalue weighted by molar-refractivity contribution is 6.43. The van der Waals surface area contributed by atoms with Crippen LogP contribution in [0.5, 0.6) is 0 Å². The molecule has 0 aromatic heterocycles. The van der Waals surface area contributed by atoms with E-state index >= 15 is 0 Å². The lowest BCUT2D eigenvalue weighted by atomic mass is 9.99. The number of hydrogen-bond donors (Lipinski definition) is 0. The van der Waals surface area contributed by atoms with Gasteiger partial charge >= 0.3 is 6.18 Å². The lowest BCUT2D eigenvalue weighted by Crippen LogP contribution is -2.14. The summed E-state index contributed by atoms with van der Waals surface area (Å²) >= 11 is 0. The van der Waals surface area contributed by atoms with Crippen molar-refractivity contribution in [2.45, 2.75) is 20.0 Å². The average molecular weight is 230 g/mol. The van der Waals surface area contributed by atoms with Crippen molar-refractivity contribution in [1.29, 1.82) is 0 Å². The highest BCUT2D eigenvalue weighted by Gasteiger charge is 2.31. The normalized spacial score (nSPS) is 11.3. The zero-order valence-corrected chi connectivity index (χ0v) is 8.68. The fourth-order valence-electron chi connectivity index (χ4n) is 1.23. The highest BCUT2D eigenvalue weighted by atomic mass is 19.4. The van der Waals surface area contributed by atoms with Crippen LogP contribution in [0, 0.1) is 6.92 Å². The first-order valence-electron chi connectivity index (χ1n) is 4.46. The highest BCUT2D eigenvalue weighted by Crippen LogP contribution is 2.30. The van der Waals surface area contributed by atoms with E-state index in [-0.39, 0.29) is 5.56 Å². The van der Waals surface area contributed by atoms with Crippen molar-refractivity contribution in [2.24, 2.45) is 0 Å². The van der Waals surface area contributed by atoms with E-state index in [1.807, 2.05) is 0 Å². The molecule has 0 bridgehead atoms. The molecule has 0 heterocycles. The summed E-state index contributed by atoms with van der Waals surface area (Å²) in [6, 6.07) is 2.77. The smallest absolute Gasteiger partial charge is 0.291 e. The molecule has 0 saturated heterocycles. The van der Waals surface area contributed by atoms with E-state index in [0.29, 0.717) is 11.6 Å². The summed E-state index contributed by atoms with van der Waals surface area (Å²) < 4.78 is 37.1. The molecule has 2 nitrogen and oxygen atoms in total. The fourth-order valence-corrected chi connectivity index (χ4v) is 1.23. The molecule has 1 aromatic carbocycles. The zero-order chi connectivity index (χ0) is 12.5. The van der Waals surface area contributed by atoms with Gasteiger partial charge in [0.05, 0.1) is 5.56 Å². The Balaban J connectivity index is 3.30. The second-order valence-electron chi connectivity index (χ2n) is 3.41. The minimum absolute atomic E-state index is 0.192. The van der Waals surface area contributed by atoms with Gasteiger partial charge in [0, 0.05) is 12.5 Å². The van der Waals surface area contributed by atoms with Crippen molar-refractivity contribution in [1.82, 2.24) is 0 Å². The maximum Gasteiger partial charge on any atom is 0.416 e. The van der Waals surface area contributed by atoms with Crippen molar-refractivity contribution in [3.05, 3.63) is 34.9 Å². The predicted molar refractivity (Wildman–Crippen MR) is 51.2 cm³/mol. The van der Waals surface area contributed by atoms with E-state index < -0.39 is 23.3 Å². The van der Waals surface area contributed by atoms with E-state index in [2.05, 4.69) is 0 Å². The van der Waals surface area contributed by atoms with Gasteiger partial charge in [-0.25, -0.2) is 0 Å². The molecule has 0 aliphatic rings. The summed E-state index contributed by atoms with van der Waals surface area (Å²) in [4.78, 5) is 22.2. The van der Waals surface area contributed by atoms with Crippen LogP contribution in [0.25, 0.3) is 0 Å². The first-order chi connectivity index (χ1) is 7.23. The second kappa shape index (κ2) is 4.08. The Kier molecular flexibility index (Phi) is 3.16. The van der Waals surface area contributed by atoms with Crippen LogP contribution in [-0.2, 0) is 11.0 Å². The second-order valence-corrected chi connectivity index (χ2v) is 3.41. The third-order valence-corrected chi connectivity index (χ3v) is 2.13. The molecule has 0 atom stereocenters. The van der Waals surface area contributed by atoms with E-state index in [1.165, 1.54) is 13.0 Å². The van der Waals surface area contributed by atoms with Crippen molar-refractivity contribution < 1.29 is 22.8 Å². The summed E-state index contributed by atoms with van der Waals surface area (Å²) in [5.74, 6) is -1.67. The number of hydrogen-bond acceptors (Lipinski definition) is 2. The maximum absolute atomic E-state index is 12.4. The van der Waals surface area contributed by atoms with Crippen LogP contribution in [-0.4, -0.2) is 11.6 Å². The van der Waals surface area contributed by atoms with Crippen LogP contribution in [0.4, 0.5) is 13.2 Å². The number of rotatable bonds is 2. The lowest BCUT2D eigenvalue weighted by Gasteiger charge is -2.09. The van der Waals surface area contributed by atoms with Gasteiger partial charge in [0.15, 0.2) is 5.78 Å². The molecular weight excluding hydrogens is 221 g/mol. The van der Waals surface area contributed by atoms with Gasteiger partial charge in [0.25, 0.3) is 0 Å². The third-order valence-electron chi connectivity index (χ3n) is 2.13. The standard InChI is InChI=1S/C11H9F3O2/c1-6-3-4-8(11(12,13)14)5-9(6)10(16)7(2)15/h3-5H,1-2H3. The third kappa shape index (κ3) is 2.48. The minimum atomic E-state index is -4.51. The molecule has 5 heteroatoms. The Morgan fingerprint density at radius 2 is 1.75 bits per heavy atom. The number of carbonyl (C=O) groups excluding carboxylic acids is 2. The van der Waals surface area contributed by atoms with Crippen molar-refractivity contribution in [3.8, 4) is 0 Å². The van der Waals surface area contributed by atoms with Crippen LogP contribution in [0.15, 0.2) is 18.2 Å². The predicted octanol–water partition coefficient (Wildman–Crippen LogP) is 2.79. The SMILES string of the molecule is CC(=O)C(=O)c1cc(C(F)(F)F)ccc1C. The van der Waals surface area contributed by atoms with Crippen LogP contribution in [0.1, 0.15) is 28.4 Å². The average Bonchev–Trinajstić information content (AvgIpc) is 2.15. The van der Waals surface area contributed by atoms with E-state index in [0.717, 1.165) is 13.0 Å². The quantitative estimate of drug-likeness (QED) is 0.578. The molecular formula is C11H9F3O2. The number of carbonyl (C=O) groups is 2. The van der Waals surface area contributed by atoms with Crippen molar-refractivity contribution in [2.75, 3.05) is 0 Å². The monoisotopic (exact) mass is 230 g/mol. The number of benzene rings is 1. The maximum atomic E-state index is 12.4. The molecule has 0 amide bonds. The number of aryl methyl sites for hydroxylation is 1. The molecule has 0 saturated carbocycles. The Hall–Kier alpha value is -1.65. The molecule has 1 aromatic rings. The molecule has 0 aliphatic heterocycles. The van der Waals surface area contributed by atoms with Gasteiger partial charge in [-0.1, -0.05) is 6.07 Å². The van der Waals surface area contributed by atoms with Crippen molar-refractivity contribution in [3.63, 3.8) is 0 Å². The number of ketones is 2. The molecule has 1 rings (SSSR count). The Labute approximate surface area is 90.1 Å². The van der Waals surface area contributed by atoms with Crippen LogP contribution in [0.3, 0.4) is 0 Å². The summed E-state index contributed by atoms with van der Waals surface area (Å²) in [6.07, 6.45) is -4.51. The molecule has 0 N–H and O–H groups in total. The topological polar surface area (TPSA) is 34.1 Å². The summed E-state index contributed by atoms with van der Waals surface area (Å²) in [6.45, 7) is 2.51. The molecule has 0 aliphatic carbocycles. The molecule has 0 spiro atoms. The van der Waals surface area contributed by atoms with Gasteiger partial charge in [0.1, 0.15) is 0 Å². The van der Waals surface area contributed by atoms with E-state index in [1.54, 1.807) is 0 Å². The zero-order valence-electron chi connectivity index (χ0n) is 8.68. The summed E-state index contributed by atoms with van der Waals surface area (Å²) in [5, 5.41) is 0. The van der Waals surface area contributed by atoms with Gasteiger partial charge < -0.3 is 0 Å². The van der Waals surface area contributed by atoms with Gasteiger partial charge in [-0.3, -0.25) is 9.59 Å². The lowest BCUT2D eigenvalue weighted by molar-refractivity contribution is -0.137. The molecule has 16 heavy (non-hydrogen) atoms. The fraction of sp³-hybridized carbons (Fsp3) is 0.273. The van der Waals surface area contributed by atoms with Crippen LogP contribution < -0.4 is 0 Å². The van der Waals surface area contributed by atoms with Gasteiger partial charge in [0.2, 0.25) is 5.78 Å². The molecule has 86 valence electrons. The Morgan fingerprint density at radius 3 is 2.19 bits per heavy atom. The largest absolute Gasteiger partial charge is 0.416 e. The van der Waals surface area contributed by atoms with Gasteiger partial charge in [-0.15, -0.1) is 0 Å². The summed E-state index contributed by atoms with van der Waals surface area (Å²) in [5.41, 5.74) is -0.766. The number of alkyl halides is 3. The van der Waals surface area contributed by atoms with Crippen LogP contribution >= 0.6 is 0 Å². The Bertz CT molecular complexity index is 447. The van der Waals surface area contributed by atoms with Crippen LogP contribution in [0.2, 0.25) is 0 Å². The first kappa shape index (κ1) is 12.4. The van der Waals surface area contributed by atoms with E-state index in [4.69, 9.17) is 0 Å². The number of halogens is 3. The Morgan fingerprint density at radius 1 is 1.19 bits per heavy atom. The summed E-state index contributed by atoms with van der Waals surface area (Å²) in [7, 11) is 0. The molecule has 0 radical (unpaired) electrons. The van der Waals surface area contributed by atoms with Gasteiger partial charge in [-0.05, 0) is 24.6 Å². The first-order valence-corrected chi connectivity index (χ1v) is 4.46. The molecule has 0 fully saturated rings. The molecule has 0 unspecified atom stereocenters.